The molecule has 8 N–H and O–H groups in total. The zero-order valence-electron chi connectivity index (χ0n) is 25.5. The molecule has 0 spiro atoms. The summed E-state index contributed by atoms with van der Waals surface area (Å²) < 4.78 is 51.1. The maximum atomic E-state index is 14.3. The van der Waals surface area contributed by atoms with E-state index in [1.807, 2.05) is 0 Å². The van der Waals surface area contributed by atoms with Gasteiger partial charge in [0.15, 0.2) is 11.6 Å². The number of aliphatic carboxylic acids is 4. The molecule has 0 bridgehead atoms. The van der Waals surface area contributed by atoms with Crippen molar-refractivity contribution in [1.82, 2.24) is 5.32 Å². The van der Waals surface area contributed by atoms with Crippen molar-refractivity contribution in [2.24, 2.45) is 11.1 Å². The lowest BCUT2D eigenvalue weighted by Crippen LogP contribution is -2.53. The molecule has 0 saturated heterocycles. The number of hydrogen-bond donors (Lipinski definition) is 7. The van der Waals surface area contributed by atoms with Crippen molar-refractivity contribution in [3.8, 4) is 5.75 Å². The molecular formula is C29H33F4N3O11S. The van der Waals surface area contributed by atoms with Gasteiger partial charge in [0, 0.05) is 40.7 Å². The second kappa shape index (κ2) is 17.2. The first-order chi connectivity index (χ1) is 22.0. The van der Waals surface area contributed by atoms with Crippen molar-refractivity contribution >= 4 is 52.9 Å². The molecule has 0 aliphatic heterocycles. The summed E-state index contributed by atoms with van der Waals surface area (Å²) in [7, 11) is 0. The lowest BCUT2D eigenvalue weighted by atomic mass is 9.80. The fourth-order valence-corrected chi connectivity index (χ4v) is 5.12. The number of ether oxygens (including phenoxy) is 1. The first-order valence-corrected chi connectivity index (χ1v) is 14.5. The van der Waals surface area contributed by atoms with E-state index in [-0.39, 0.29) is 47.7 Å². The molecule has 1 amide bonds. The van der Waals surface area contributed by atoms with Gasteiger partial charge in [-0.15, -0.1) is 11.3 Å². The van der Waals surface area contributed by atoms with Crippen LogP contribution in [0.25, 0.3) is 0 Å². The van der Waals surface area contributed by atoms with Gasteiger partial charge >= 0.3 is 36.0 Å². The van der Waals surface area contributed by atoms with Gasteiger partial charge in [0.2, 0.25) is 5.91 Å². The van der Waals surface area contributed by atoms with E-state index in [4.69, 9.17) is 25.8 Å². The molecule has 0 fully saturated rings. The molecule has 14 nitrogen and oxygen atoms in total. The van der Waals surface area contributed by atoms with Crippen molar-refractivity contribution in [1.29, 1.82) is 5.41 Å². The van der Waals surface area contributed by atoms with Gasteiger partial charge in [0.1, 0.15) is 10.7 Å². The molecule has 0 atom stereocenters. The summed E-state index contributed by atoms with van der Waals surface area (Å²) in [6, 6.07) is 6.53. The van der Waals surface area contributed by atoms with Crippen molar-refractivity contribution in [3.05, 3.63) is 51.5 Å². The van der Waals surface area contributed by atoms with Gasteiger partial charge in [-0.05, 0) is 56.0 Å². The zero-order chi connectivity index (χ0) is 37.0. The number of thiophene rings is 1. The molecular weight excluding hydrogens is 674 g/mol. The summed E-state index contributed by atoms with van der Waals surface area (Å²) in [5, 5.41) is 44.8. The van der Waals surface area contributed by atoms with Crippen LogP contribution < -0.4 is 15.8 Å². The van der Waals surface area contributed by atoms with Crippen LogP contribution in [0.4, 0.5) is 17.6 Å². The van der Waals surface area contributed by atoms with Crippen LogP contribution in [0, 0.1) is 16.6 Å². The number of benzene rings is 1. The highest BCUT2D eigenvalue weighted by Crippen LogP contribution is 2.32. The average Bonchev–Trinajstić information content (AvgIpc) is 3.42. The first-order valence-electron chi connectivity index (χ1n) is 13.7. The number of nitrogen functional groups attached to an aromatic ring is 1. The zero-order valence-corrected chi connectivity index (χ0v) is 26.3. The highest BCUT2D eigenvalue weighted by Gasteiger charge is 2.39. The molecule has 2 rings (SSSR count). The minimum atomic E-state index is -5.08. The number of esters is 1. The third-order valence-corrected chi connectivity index (χ3v) is 7.68. The van der Waals surface area contributed by atoms with Gasteiger partial charge in [0.05, 0.1) is 0 Å². The SMILES string of the molecule is CC(C)(Cc1ccc(C(=O)Oc2ccc(C(=N)N)cc2F)s1)C(=O)NC(CCC(=O)O)(CCC(=O)O)CCC(=O)O.O=C(O)C(F)(F)F. The van der Waals surface area contributed by atoms with Crippen LogP contribution in [0.2, 0.25) is 0 Å². The van der Waals surface area contributed by atoms with Gasteiger partial charge < -0.3 is 36.2 Å². The van der Waals surface area contributed by atoms with E-state index in [1.54, 1.807) is 19.9 Å². The van der Waals surface area contributed by atoms with E-state index in [9.17, 15) is 56.9 Å². The van der Waals surface area contributed by atoms with Gasteiger partial charge in [-0.1, -0.05) is 13.8 Å². The maximum Gasteiger partial charge on any atom is 0.490 e. The fourth-order valence-electron chi connectivity index (χ4n) is 4.01. The van der Waals surface area contributed by atoms with Crippen LogP contribution in [0.3, 0.4) is 0 Å². The molecule has 2 aromatic rings. The second-order valence-corrected chi connectivity index (χ2v) is 12.2. The van der Waals surface area contributed by atoms with E-state index >= 15 is 0 Å². The van der Waals surface area contributed by atoms with Crippen molar-refractivity contribution in [2.45, 2.75) is 70.5 Å². The summed E-state index contributed by atoms with van der Waals surface area (Å²) in [5.74, 6) is -9.26. The fraction of sp³-hybridized carbons (Fsp3) is 0.414. The molecule has 1 aromatic carbocycles. The van der Waals surface area contributed by atoms with Crippen LogP contribution in [0.1, 0.15) is 72.5 Å². The number of amides is 1. The molecule has 264 valence electrons. The number of carbonyl (C=O) groups excluding carboxylic acids is 2. The molecule has 0 aliphatic carbocycles. The number of halogens is 4. The summed E-state index contributed by atoms with van der Waals surface area (Å²) in [5.41, 5.74) is 2.93. The number of carboxylic acid groups (broad SMARTS) is 4. The predicted molar refractivity (Wildman–Crippen MR) is 159 cm³/mol. The molecule has 0 aliphatic rings. The number of rotatable bonds is 16. The Morgan fingerprint density at radius 1 is 0.875 bits per heavy atom. The van der Waals surface area contributed by atoms with E-state index in [2.05, 4.69) is 5.32 Å². The molecule has 48 heavy (non-hydrogen) atoms. The van der Waals surface area contributed by atoms with Gasteiger partial charge in [-0.25, -0.2) is 14.0 Å². The van der Waals surface area contributed by atoms with Crippen molar-refractivity contribution in [2.75, 3.05) is 0 Å². The average molecular weight is 708 g/mol. The van der Waals surface area contributed by atoms with Crippen molar-refractivity contribution < 1.29 is 71.5 Å². The van der Waals surface area contributed by atoms with Crippen LogP contribution in [-0.4, -0.2) is 73.7 Å². The third kappa shape index (κ3) is 13.7. The smallest absolute Gasteiger partial charge is 0.481 e. The highest BCUT2D eigenvalue weighted by atomic mass is 32.1. The number of hydrogen-bond acceptors (Lipinski definition) is 9. The Labute approximate surface area is 274 Å². The highest BCUT2D eigenvalue weighted by molar-refractivity contribution is 7.14. The Morgan fingerprint density at radius 2 is 1.35 bits per heavy atom. The number of nitrogens with two attached hydrogens (primary N) is 1. The number of carbonyl (C=O) groups is 6. The van der Waals surface area contributed by atoms with Crippen LogP contribution >= 0.6 is 11.3 Å². The Hall–Kier alpha value is -5.07. The van der Waals surface area contributed by atoms with E-state index in [0.717, 1.165) is 17.4 Å². The van der Waals surface area contributed by atoms with Gasteiger partial charge in [0.25, 0.3) is 0 Å². The standard InChI is InChI=1S/C27H32FN3O9S.C2HF3O2/c1-26(2,25(39)31-27(10-7-20(32)33,11-8-21(34)35)12-9-22(36)37)14-16-4-6-19(41-16)24(38)40-18-5-3-15(23(29)30)13-17(18)28;3-2(4,5)1(6)7/h3-6,13H,7-12,14H2,1-2H3,(H3,29,30)(H,31,39)(H,32,33)(H,34,35)(H,36,37);(H,6,7). The predicted octanol–water partition coefficient (Wildman–Crippen LogP) is 4.04. The minimum Gasteiger partial charge on any atom is -0.481 e. The Morgan fingerprint density at radius 3 is 1.75 bits per heavy atom. The number of carboxylic acids is 4. The largest absolute Gasteiger partial charge is 0.490 e. The van der Waals surface area contributed by atoms with Crippen molar-refractivity contribution in [3.63, 3.8) is 0 Å². The quantitative estimate of drug-likeness (QED) is 0.0429. The summed E-state index contributed by atoms with van der Waals surface area (Å²) in [6.07, 6.45) is -6.68. The lowest BCUT2D eigenvalue weighted by Gasteiger charge is -2.37. The minimum absolute atomic E-state index is 0.116. The topological polar surface area (TPSA) is 254 Å². The Balaban J connectivity index is 0.00000148. The molecule has 1 heterocycles. The monoisotopic (exact) mass is 707 g/mol. The number of amidine groups is 1. The van der Waals surface area contributed by atoms with Gasteiger partial charge in [-0.2, -0.15) is 13.2 Å². The van der Waals surface area contributed by atoms with E-state index in [0.29, 0.717) is 4.88 Å². The Bertz CT molecular complexity index is 1490. The van der Waals surface area contributed by atoms with Crippen LogP contribution in [0.5, 0.6) is 5.75 Å². The molecule has 0 saturated carbocycles. The summed E-state index contributed by atoms with van der Waals surface area (Å²) in [6.45, 7) is 3.20. The van der Waals surface area contributed by atoms with Gasteiger partial charge in [-0.3, -0.25) is 24.6 Å². The number of alkyl halides is 3. The summed E-state index contributed by atoms with van der Waals surface area (Å²) >= 11 is 1.01. The molecule has 0 radical (unpaired) electrons. The Kier molecular flexibility index (Phi) is 14.7. The normalized spacial score (nSPS) is 11.5. The van der Waals surface area contributed by atoms with Crippen LogP contribution in [0.15, 0.2) is 30.3 Å². The third-order valence-electron chi connectivity index (χ3n) is 6.61. The lowest BCUT2D eigenvalue weighted by molar-refractivity contribution is -0.192. The summed E-state index contributed by atoms with van der Waals surface area (Å²) in [4.78, 5) is 69.4. The molecule has 19 heteroatoms. The number of nitrogens with one attached hydrogen (secondary N) is 2. The maximum absolute atomic E-state index is 14.3. The first kappa shape index (κ1) is 41.0. The van der Waals surface area contributed by atoms with Crippen LogP contribution in [-0.2, 0) is 30.4 Å². The van der Waals surface area contributed by atoms with E-state index in [1.165, 1.54) is 18.2 Å². The molecule has 0 unspecified atom stereocenters. The second-order valence-electron chi connectivity index (χ2n) is 11.0. The van der Waals surface area contributed by atoms with E-state index < -0.39 is 78.0 Å². The molecule has 1 aromatic heterocycles.